The monoisotopic (exact) mass is 417 g/mol. The van der Waals surface area contributed by atoms with E-state index in [4.69, 9.17) is 4.74 Å². The summed E-state index contributed by atoms with van der Waals surface area (Å²) in [4.78, 5) is 30.3. The molecule has 1 saturated heterocycles. The number of hydrogen-bond acceptors (Lipinski definition) is 4. The van der Waals surface area contributed by atoms with Gasteiger partial charge in [-0.1, -0.05) is 42.5 Å². The van der Waals surface area contributed by atoms with Gasteiger partial charge in [-0.2, -0.15) is 0 Å². The number of piperidine rings is 1. The van der Waals surface area contributed by atoms with Crippen molar-refractivity contribution in [3.05, 3.63) is 83.9 Å². The number of anilines is 1. The smallest absolute Gasteiger partial charge is 0.303 e. The fourth-order valence-corrected chi connectivity index (χ4v) is 4.18. The second kappa shape index (κ2) is 9.16. The number of aromatic nitrogens is 2. The SMILES string of the molecule is CC(=O)OC(c1ccccc1)c1cncn1Cc1ccc(N2C(=O)CCC[C@H]2C)cc1. The van der Waals surface area contributed by atoms with Crippen molar-refractivity contribution in [1.82, 2.24) is 9.55 Å². The van der Waals surface area contributed by atoms with Gasteiger partial charge in [0.05, 0.1) is 18.2 Å². The first kappa shape index (κ1) is 20.8. The fourth-order valence-electron chi connectivity index (χ4n) is 4.18. The van der Waals surface area contributed by atoms with Gasteiger partial charge in [-0.25, -0.2) is 4.98 Å². The second-order valence-corrected chi connectivity index (χ2v) is 8.02. The van der Waals surface area contributed by atoms with Gasteiger partial charge in [0.25, 0.3) is 0 Å². The van der Waals surface area contributed by atoms with E-state index in [0.717, 1.165) is 35.3 Å². The Balaban J connectivity index is 1.56. The van der Waals surface area contributed by atoms with Crippen LogP contribution in [0, 0.1) is 0 Å². The zero-order valence-corrected chi connectivity index (χ0v) is 17.9. The molecule has 0 saturated carbocycles. The zero-order chi connectivity index (χ0) is 21.8. The van der Waals surface area contributed by atoms with Crippen LogP contribution in [-0.2, 0) is 20.9 Å². The molecule has 0 spiro atoms. The van der Waals surface area contributed by atoms with Crippen LogP contribution in [0.4, 0.5) is 5.69 Å². The molecular weight excluding hydrogens is 390 g/mol. The van der Waals surface area contributed by atoms with Crippen molar-refractivity contribution in [2.75, 3.05) is 4.90 Å². The van der Waals surface area contributed by atoms with Crippen molar-refractivity contribution in [2.24, 2.45) is 0 Å². The topological polar surface area (TPSA) is 64.4 Å². The zero-order valence-electron chi connectivity index (χ0n) is 17.9. The van der Waals surface area contributed by atoms with Gasteiger partial charge < -0.3 is 14.2 Å². The normalized spacial score (nSPS) is 17.4. The molecule has 160 valence electrons. The molecule has 31 heavy (non-hydrogen) atoms. The number of amides is 1. The highest BCUT2D eigenvalue weighted by atomic mass is 16.5. The minimum Gasteiger partial charge on any atom is -0.451 e. The van der Waals surface area contributed by atoms with Crippen LogP contribution in [-0.4, -0.2) is 27.5 Å². The highest BCUT2D eigenvalue weighted by Crippen LogP contribution is 2.28. The Morgan fingerprint density at radius 1 is 1.16 bits per heavy atom. The lowest BCUT2D eigenvalue weighted by atomic mass is 10.0. The van der Waals surface area contributed by atoms with E-state index in [1.807, 2.05) is 64.1 Å². The van der Waals surface area contributed by atoms with Gasteiger partial charge in [0.2, 0.25) is 5.91 Å². The van der Waals surface area contributed by atoms with Crippen LogP contribution in [0.2, 0.25) is 0 Å². The molecule has 0 aliphatic carbocycles. The van der Waals surface area contributed by atoms with E-state index in [2.05, 4.69) is 11.9 Å². The predicted molar refractivity (Wildman–Crippen MR) is 119 cm³/mol. The molecule has 6 heteroatoms. The van der Waals surface area contributed by atoms with Gasteiger partial charge in [-0.05, 0) is 43.0 Å². The molecule has 2 aromatic carbocycles. The van der Waals surface area contributed by atoms with Gasteiger partial charge in [0.15, 0.2) is 6.10 Å². The number of benzene rings is 2. The number of carbonyl (C=O) groups excluding carboxylic acids is 2. The Labute approximate surface area is 182 Å². The lowest BCUT2D eigenvalue weighted by molar-refractivity contribution is -0.145. The summed E-state index contributed by atoms with van der Waals surface area (Å²) in [5.74, 6) is -0.151. The van der Waals surface area contributed by atoms with Gasteiger partial charge in [0.1, 0.15) is 0 Å². The Morgan fingerprint density at radius 2 is 1.90 bits per heavy atom. The molecule has 2 atom stereocenters. The standard InChI is InChI=1S/C25H27N3O3/c1-18-7-6-10-24(30)28(18)22-13-11-20(12-14-22)16-27-17-26-15-23(27)25(31-19(2)29)21-8-4-3-5-9-21/h3-5,8-9,11-15,17-18,25H,6-7,10,16H2,1-2H3/t18-,25?/m1/s1. The number of carbonyl (C=O) groups is 2. The molecule has 4 rings (SSSR count). The van der Waals surface area contributed by atoms with E-state index in [1.54, 1.807) is 12.5 Å². The first-order valence-corrected chi connectivity index (χ1v) is 10.7. The van der Waals surface area contributed by atoms with Crippen LogP contribution in [0.25, 0.3) is 0 Å². The molecule has 0 bridgehead atoms. The third kappa shape index (κ3) is 4.68. The molecule has 0 N–H and O–H groups in total. The van der Waals surface area contributed by atoms with E-state index in [1.165, 1.54) is 6.92 Å². The molecule has 1 aliphatic heterocycles. The molecule has 1 aromatic heterocycles. The molecule has 1 unspecified atom stereocenters. The van der Waals surface area contributed by atoms with Crippen LogP contribution >= 0.6 is 0 Å². The minimum absolute atomic E-state index is 0.190. The summed E-state index contributed by atoms with van der Waals surface area (Å²) >= 11 is 0. The minimum atomic E-state index is -0.521. The first-order valence-electron chi connectivity index (χ1n) is 10.7. The molecule has 1 fully saturated rings. The van der Waals surface area contributed by atoms with Crippen molar-refractivity contribution in [3.8, 4) is 0 Å². The van der Waals surface area contributed by atoms with Crippen LogP contribution in [0.5, 0.6) is 0 Å². The lowest BCUT2D eigenvalue weighted by Gasteiger charge is -2.33. The predicted octanol–water partition coefficient (Wildman–Crippen LogP) is 4.49. The highest BCUT2D eigenvalue weighted by Gasteiger charge is 2.26. The summed E-state index contributed by atoms with van der Waals surface area (Å²) in [5.41, 5.74) is 3.72. The molecule has 1 amide bonds. The summed E-state index contributed by atoms with van der Waals surface area (Å²) in [6.07, 6.45) is 5.57. The van der Waals surface area contributed by atoms with Crippen molar-refractivity contribution in [2.45, 2.75) is 51.8 Å². The number of esters is 1. The fraction of sp³-hybridized carbons (Fsp3) is 0.320. The van der Waals surface area contributed by atoms with E-state index in [-0.39, 0.29) is 17.9 Å². The maximum Gasteiger partial charge on any atom is 0.303 e. The Hall–Kier alpha value is -3.41. The van der Waals surface area contributed by atoms with E-state index in [9.17, 15) is 9.59 Å². The van der Waals surface area contributed by atoms with Crippen molar-refractivity contribution in [1.29, 1.82) is 0 Å². The lowest BCUT2D eigenvalue weighted by Crippen LogP contribution is -2.42. The molecule has 1 aliphatic rings. The highest BCUT2D eigenvalue weighted by molar-refractivity contribution is 5.94. The number of hydrogen-bond donors (Lipinski definition) is 0. The number of ether oxygens (including phenoxy) is 1. The Morgan fingerprint density at radius 3 is 2.58 bits per heavy atom. The summed E-state index contributed by atoms with van der Waals surface area (Å²) in [5, 5.41) is 0. The summed E-state index contributed by atoms with van der Waals surface area (Å²) in [6, 6.07) is 18.0. The van der Waals surface area contributed by atoms with Crippen molar-refractivity contribution < 1.29 is 14.3 Å². The van der Waals surface area contributed by atoms with E-state index < -0.39 is 6.10 Å². The average Bonchev–Trinajstić information content (AvgIpc) is 3.21. The van der Waals surface area contributed by atoms with Crippen molar-refractivity contribution in [3.63, 3.8) is 0 Å². The average molecular weight is 418 g/mol. The molecule has 6 nitrogen and oxygen atoms in total. The number of imidazole rings is 1. The maximum absolute atomic E-state index is 12.4. The largest absolute Gasteiger partial charge is 0.451 e. The molecule has 3 aromatic rings. The number of nitrogens with zero attached hydrogens (tertiary/aromatic N) is 3. The quantitative estimate of drug-likeness (QED) is 0.555. The van der Waals surface area contributed by atoms with Gasteiger partial charge >= 0.3 is 5.97 Å². The molecule has 0 radical (unpaired) electrons. The van der Waals surface area contributed by atoms with Crippen LogP contribution in [0.1, 0.15) is 56.0 Å². The summed E-state index contributed by atoms with van der Waals surface area (Å²) < 4.78 is 7.63. The van der Waals surface area contributed by atoms with Crippen molar-refractivity contribution >= 4 is 17.6 Å². The third-order valence-electron chi connectivity index (χ3n) is 5.69. The van der Waals surface area contributed by atoms with Crippen LogP contribution in [0.15, 0.2) is 67.1 Å². The third-order valence-corrected chi connectivity index (χ3v) is 5.69. The van der Waals surface area contributed by atoms with E-state index in [0.29, 0.717) is 13.0 Å². The second-order valence-electron chi connectivity index (χ2n) is 8.02. The van der Waals surface area contributed by atoms with E-state index >= 15 is 0 Å². The van der Waals surface area contributed by atoms with Crippen LogP contribution in [0.3, 0.4) is 0 Å². The van der Waals surface area contributed by atoms with Crippen LogP contribution < -0.4 is 4.90 Å². The first-order chi connectivity index (χ1) is 15.0. The van der Waals surface area contributed by atoms with Gasteiger partial charge in [-0.3, -0.25) is 9.59 Å². The number of rotatable bonds is 6. The molecular formula is C25H27N3O3. The maximum atomic E-state index is 12.4. The molecule has 2 heterocycles. The Kier molecular flexibility index (Phi) is 6.16. The summed E-state index contributed by atoms with van der Waals surface area (Å²) in [7, 11) is 0. The van der Waals surface area contributed by atoms with Gasteiger partial charge in [-0.15, -0.1) is 0 Å². The Bertz CT molecular complexity index is 1040. The summed E-state index contributed by atoms with van der Waals surface area (Å²) in [6.45, 7) is 4.10. The van der Waals surface area contributed by atoms with Gasteiger partial charge in [0, 0.05) is 31.6 Å².